The van der Waals surface area contributed by atoms with Crippen molar-refractivity contribution in [2.75, 3.05) is 0 Å². The van der Waals surface area contributed by atoms with Crippen molar-refractivity contribution in [3.05, 3.63) is 42.5 Å². The molecule has 18 heavy (non-hydrogen) atoms. The molecule has 0 atom stereocenters. The van der Waals surface area contributed by atoms with E-state index in [2.05, 4.69) is 26.8 Å². The van der Waals surface area contributed by atoms with Crippen LogP contribution < -0.4 is 0 Å². The summed E-state index contributed by atoms with van der Waals surface area (Å²) in [7, 11) is 0. The summed E-state index contributed by atoms with van der Waals surface area (Å²) in [5.74, 6) is 4.99. The number of hydrogen-bond donors (Lipinski definition) is 0. The lowest BCUT2D eigenvalue weighted by Crippen LogP contribution is -2.09. The summed E-state index contributed by atoms with van der Waals surface area (Å²) in [6.45, 7) is 0.319. The Morgan fingerprint density at radius 2 is 2.11 bits per heavy atom. The molecule has 0 fully saturated rings. The fraction of sp³-hybridized carbons (Fsp3) is 0.182. The molecule has 0 spiro atoms. The van der Waals surface area contributed by atoms with E-state index in [-0.39, 0.29) is 5.82 Å². The van der Waals surface area contributed by atoms with Crippen LogP contribution >= 0.6 is 0 Å². The average molecular weight is 252 g/mol. The predicted molar refractivity (Wildman–Crippen MR) is 56.1 cm³/mol. The molecular formula is C11H7F3N4. The molecule has 0 aliphatic carbocycles. The zero-order chi connectivity index (χ0) is 13.0. The third kappa shape index (κ3) is 3.07. The van der Waals surface area contributed by atoms with E-state index in [1.807, 2.05) is 0 Å². The van der Waals surface area contributed by atoms with E-state index in [4.69, 9.17) is 0 Å². The topological polar surface area (TPSA) is 43.6 Å². The average Bonchev–Trinajstić information content (AvgIpc) is 2.81. The van der Waals surface area contributed by atoms with Crippen LogP contribution in [0.5, 0.6) is 0 Å². The van der Waals surface area contributed by atoms with Crippen molar-refractivity contribution in [3.8, 4) is 11.8 Å². The first-order valence-electron chi connectivity index (χ1n) is 4.90. The Hall–Kier alpha value is -2.36. The van der Waals surface area contributed by atoms with Crippen LogP contribution in [-0.2, 0) is 12.7 Å². The largest absolute Gasteiger partial charge is 0.433 e. The first kappa shape index (κ1) is 12.1. The predicted octanol–water partition coefficient (Wildman–Crippen LogP) is 1.74. The molecule has 0 aromatic carbocycles. The molecule has 0 N–H and O–H groups in total. The Kier molecular flexibility index (Phi) is 3.28. The Morgan fingerprint density at radius 1 is 1.28 bits per heavy atom. The number of imidazole rings is 1. The SMILES string of the molecule is FC(F)(F)c1ccnc(C#CCn2ccnc2)n1. The maximum Gasteiger partial charge on any atom is 0.433 e. The minimum Gasteiger partial charge on any atom is -0.326 e. The lowest BCUT2D eigenvalue weighted by atomic mass is 10.4. The number of aromatic nitrogens is 4. The number of halogens is 3. The molecule has 0 saturated heterocycles. The van der Waals surface area contributed by atoms with E-state index in [0.717, 1.165) is 12.3 Å². The summed E-state index contributed by atoms with van der Waals surface area (Å²) in [5.41, 5.74) is -0.996. The lowest BCUT2D eigenvalue weighted by molar-refractivity contribution is -0.141. The van der Waals surface area contributed by atoms with E-state index in [1.54, 1.807) is 23.3 Å². The van der Waals surface area contributed by atoms with Crippen LogP contribution in [0.4, 0.5) is 13.2 Å². The van der Waals surface area contributed by atoms with Crippen LogP contribution in [0.15, 0.2) is 31.0 Å². The molecule has 2 aromatic heterocycles. The van der Waals surface area contributed by atoms with Gasteiger partial charge in [0.25, 0.3) is 0 Å². The maximum absolute atomic E-state index is 12.4. The molecule has 4 nitrogen and oxygen atoms in total. The molecule has 0 saturated carbocycles. The van der Waals surface area contributed by atoms with E-state index in [0.29, 0.717) is 6.54 Å². The van der Waals surface area contributed by atoms with Gasteiger partial charge in [-0.05, 0) is 12.0 Å². The van der Waals surface area contributed by atoms with Gasteiger partial charge in [0.2, 0.25) is 5.82 Å². The molecule has 0 aliphatic rings. The van der Waals surface area contributed by atoms with Gasteiger partial charge in [-0.1, -0.05) is 5.92 Å². The second-order valence-electron chi connectivity index (χ2n) is 3.30. The highest BCUT2D eigenvalue weighted by atomic mass is 19.4. The van der Waals surface area contributed by atoms with Gasteiger partial charge in [-0.2, -0.15) is 13.2 Å². The second kappa shape index (κ2) is 4.87. The monoisotopic (exact) mass is 252 g/mol. The van der Waals surface area contributed by atoms with Crippen LogP contribution in [0.2, 0.25) is 0 Å². The number of rotatable bonds is 1. The molecule has 2 aromatic rings. The van der Waals surface area contributed by atoms with Crippen molar-refractivity contribution in [1.29, 1.82) is 0 Å². The van der Waals surface area contributed by atoms with Gasteiger partial charge in [-0.25, -0.2) is 15.0 Å². The lowest BCUT2D eigenvalue weighted by Gasteiger charge is -2.03. The standard InChI is InChI=1S/C11H7F3N4/c12-11(13,14)9-3-4-16-10(17-9)2-1-6-18-7-5-15-8-18/h3-5,7-8H,6H2. The highest BCUT2D eigenvalue weighted by molar-refractivity contribution is 5.22. The van der Waals surface area contributed by atoms with Crippen molar-refractivity contribution in [2.24, 2.45) is 0 Å². The van der Waals surface area contributed by atoms with E-state index in [1.165, 1.54) is 0 Å². The van der Waals surface area contributed by atoms with Gasteiger partial charge in [-0.3, -0.25) is 0 Å². The molecule has 0 amide bonds. The number of hydrogen-bond acceptors (Lipinski definition) is 3. The first-order valence-corrected chi connectivity index (χ1v) is 4.90. The van der Waals surface area contributed by atoms with Gasteiger partial charge in [0.05, 0.1) is 12.9 Å². The van der Waals surface area contributed by atoms with E-state index in [9.17, 15) is 13.2 Å². The van der Waals surface area contributed by atoms with Crippen molar-refractivity contribution in [3.63, 3.8) is 0 Å². The van der Waals surface area contributed by atoms with Gasteiger partial charge in [0, 0.05) is 18.6 Å². The van der Waals surface area contributed by atoms with Crippen LogP contribution in [0.1, 0.15) is 11.5 Å². The molecule has 7 heteroatoms. The van der Waals surface area contributed by atoms with Gasteiger partial charge in [0.1, 0.15) is 5.69 Å². The highest BCUT2D eigenvalue weighted by Gasteiger charge is 2.32. The van der Waals surface area contributed by atoms with Crippen LogP contribution in [0, 0.1) is 11.8 Å². The number of alkyl halides is 3. The number of nitrogens with zero attached hydrogens (tertiary/aromatic N) is 4. The van der Waals surface area contributed by atoms with Crippen LogP contribution in [0.25, 0.3) is 0 Å². The Labute approximate surface area is 101 Å². The first-order chi connectivity index (χ1) is 8.55. The van der Waals surface area contributed by atoms with Gasteiger partial charge >= 0.3 is 6.18 Å². The molecule has 0 aliphatic heterocycles. The summed E-state index contributed by atoms with van der Waals surface area (Å²) < 4.78 is 38.8. The summed E-state index contributed by atoms with van der Waals surface area (Å²) in [4.78, 5) is 10.8. The fourth-order valence-electron chi connectivity index (χ4n) is 1.17. The zero-order valence-corrected chi connectivity index (χ0v) is 9.02. The summed E-state index contributed by atoms with van der Waals surface area (Å²) in [5, 5.41) is 0. The molecule has 2 rings (SSSR count). The Morgan fingerprint density at radius 3 is 2.78 bits per heavy atom. The third-order valence-electron chi connectivity index (χ3n) is 1.97. The van der Waals surface area contributed by atoms with Crippen molar-refractivity contribution < 1.29 is 13.2 Å². The second-order valence-corrected chi connectivity index (χ2v) is 3.30. The Balaban J connectivity index is 2.13. The normalized spacial score (nSPS) is 10.8. The summed E-state index contributed by atoms with van der Waals surface area (Å²) in [6.07, 6.45) is 1.40. The zero-order valence-electron chi connectivity index (χ0n) is 9.02. The molecular weight excluding hydrogens is 245 g/mol. The van der Waals surface area contributed by atoms with Gasteiger partial charge < -0.3 is 4.57 Å². The molecule has 2 heterocycles. The summed E-state index contributed by atoms with van der Waals surface area (Å²) >= 11 is 0. The fourth-order valence-corrected chi connectivity index (χ4v) is 1.17. The molecule has 0 bridgehead atoms. The van der Waals surface area contributed by atoms with Crippen molar-refractivity contribution in [2.45, 2.75) is 12.7 Å². The smallest absolute Gasteiger partial charge is 0.326 e. The van der Waals surface area contributed by atoms with Crippen LogP contribution in [0.3, 0.4) is 0 Å². The van der Waals surface area contributed by atoms with E-state index >= 15 is 0 Å². The van der Waals surface area contributed by atoms with Gasteiger partial charge in [0.15, 0.2) is 0 Å². The quantitative estimate of drug-likeness (QED) is 0.726. The van der Waals surface area contributed by atoms with Crippen LogP contribution in [-0.4, -0.2) is 19.5 Å². The van der Waals surface area contributed by atoms with Crippen molar-refractivity contribution in [1.82, 2.24) is 19.5 Å². The maximum atomic E-state index is 12.4. The minimum absolute atomic E-state index is 0.148. The van der Waals surface area contributed by atoms with Gasteiger partial charge in [-0.15, -0.1) is 0 Å². The third-order valence-corrected chi connectivity index (χ3v) is 1.97. The molecule has 92 valence electrons. The minimum atomic E-state index is -4.48. The summed E-state index contributed by atoms with van der Waals surface area (Å²) in [6, 6.07) is 0.807. The molecule has 0 unspecified atom stereocenters. The highest BCUT2D eigenvalue weighted by Crippen LogP contribution is 2.26. The van der Waals surface area contributed by atoms with Crippen molar-refractivity contribution >= 4 is 0 Å². The molecule has 0 radical (unpaired) electrons. The van der Waals surface area contributed by atoms with E-state index < -0.39 is 11.9 Å². The Bertz CT molecular complexity index is 578.